The fourth-order valence-electron chi connectivity index (χ4n) is 3.18. The second kappa shape index (κ2) is 7.99. The van der Waals surface area contributed by atoms with Gasteiger partial charge in [-0.1, -0.05) is 31.2 Å². The number of nitrogens with zero attached hydrogens (tertiary/aromatic N) is 1. The smallest absolute Gasteiger partial charge is 0.307 e. The van der Waals surface area contributed by atoms with Crippen molar-refractivity contribution in [2.24, 2.45) is 11.8 Å². The fraction of sp³-hybridized carbons (Fsp3) is 0.300. The number of amides is 1. The number of allylic oxidation sites excluding steroid dienone is 2. The van der Waals surface area contributed by atoms with Crippen molar-refractivity contribution in [3.05, 3.63) is 58.5 Å². The van der Waals surface area contributed by atoms with E-state index < -0.39 is 17.8 Å². The monoisotopic (exact) mass is 367 g/mol. The van der Waals surface area contributed by atoms with E-state index in [2.05, 4.69) is 15.3 Å². The van der Waals surface area contributed by atoms with Gasteiger partial charge in [-0.05, 0) is 31.4 Å². The minimum atomic E-state index is -0.966. The molecule has 3 rings (SSSR count). The van der Waals surface area contributed by atoms with Crippen molar-refractivity contribution in [2.75, 3.05) is 5.32 Å². The van der Waals surface area contributed by atoms with Crippen molar-refractivity contribution in [1.82, 2.24) is 9.97 Å². The summed E-state index contributed by atoms with van der Waals surface area (Å²) in [6, 6.07) is 8.43. The normalized spacial score (nSPS) is 18.9. The van der Waals surface area contributed by atoms with Gasteiger partial charge in [-0.25, -0.2) is 4.98 Å². The number of aliphatic carboxylic acids is 1. The molecule has 27 heavy (non-hydrogen) atoms. The summed E-state index contributed by atoms with van der Waals surface area (Å²) >= 11 is 0. The summed E-state index contributed by atoms with van der Waals surface area (Å²) in [5.74, 6) is -2.20. The first-order chi connectivity index (χ1) is 13.0. The molecule has 1 aromatic heterocycles. The molecule has 3 N–H and O–H groups in total. The van der Waals surface area contributed by atoms with E-state index in [9.17, 15) is 19.5 Å². The molecule has 0 saturated carbocycles. The van der Waals surface area contributed by atoms with Crippen LogP contribution in [-0.4, -0.2) is 27.0 Å². The zero-order valence-electron chi connectivity index (χ0n) is 14.9. The van der Waals surface area contributed by atoms with Crippen molar-refractivity contribution >= 4 is 17.6 Å². The Balaban J connectivity index is 1.83. The van der Waals surface area contributed by atoms with Gasteiger partial charge in [0.05, 0.1) is 11.8 Å². The molecule has 1 heterocycles. The molecule has 2 atom stereocenters. The van der Waals surface area contributed by atoms with Crippen LogP contribution in [0.5, 0.6) is 0 Å². The zero-order chi connectivity index (χ0) is 19.4. The van der Waals surface area contributed by atoms with Crippen LogP contribution >= 0.6 is 0 Å². The van der Waals surface area contributed by atoms with Crippen molar-refractivity contribution in [1.29, 1.82) is 0 Å². The van der Waals surface area contributed by atoms with E-state index in [1.165, 1.54) is 6.07 Å². The van der Waals surface area contributed by atoms with Crippen LogP contribution in [0.2, 0.25) is 0 Å². The average Bonchev–Trinajstić information content (AvgIpc) is 2.67. The maximum absolute atomic E-state index is 12.6. The number of carboxylic acid groups (broad SMARTS) is 1. The molecule has 7 nitrogen and oxygen atoms in total. The molecule has 0 saturated heterocycles. The summed E-state index contributed by atoms with van der Waals surface area (Å²) in [5.41, 5.74) is 1.64. The lowest BCUT2D eigenvalue weighted by Gasteiger charge is -2.24. The predicted molar refractivity (Wildman–Crippen MR) is 101 cm³/mol. The van der Waals surface area contributed by atoms with E-state index in [0.717, 1.165) is 0 Å². The molecule has 0 bridgehead atoms. The molecule has 0 fully saturated rings. The minimum Gasteiger partial charge on any atom is -0.481 e. The van der Waals surface area contributed by atoms with Crippen LogP contribution in [-0.2, 0) is 16.0 Å². The Labute approximate surface area is 156 Å². The van der Waals surface area contributed by atoms with Crippen LogP contribution in [0.15, 0.2) is 47.3 Å². The topological polar surface area (TPSA) is 112 Å². The molecule has 0 radical (unpaired) electrons. The number of H-pyrrole nitrogens is 1. The molecular weight excluding hydrogens is 346 g/mol. The summed E-state index contributed by atoms with van der Waals surface area (Å²) in [7, 11) is 0. The van der Waals surface area contributed by atoms with Crippen molar-refractivity contribution < 1.29 is 14.7 Å². The number of aryl methyl sites for hydroxylation is 1. The molecule has 0 unspecified atom stereocenters. The van der Waals surface area contributed by atoms with Gasteiger partial charge in [0.15, 0.2) is 0 Å². The number of carboxylic acids is 1. The van der Waals surface area contributed by atoms with Gasteiger partial charge in [0.2, 0.25) is 5.91 Å². The summed E-state index contributed by atoms with van der Waals surface area (Å²) in [5, 5.41) is 12.1. The molecular formula is C20H21N3O4. The lowest BCUT2D eigenvalue weighted by atomic mass is 9.82. The fourth-order valence-corrected chi connectivity index (χ4v) is 3.18. The number of carbonyl (C=O) groups excluding carboxylic acids is 1. The minimum absolute atomic E-state index is 0.232. The van der Waals surface area contributed by atoms with Gasteiger partial charge in [-0.15, -0.1) is 0 Å². The van der Waals surface area contributed by atoms with Crippen LogP contribution in [0.1, 0.15) is 25.5 Å². The third kappa shape index (κ3) is 4.31. The van der Waals surface area contributed by atoms with Crippen LogP contribution in [0, 0.1) is 11.8 Å². The third-order valence-electron chi connectivity index (χ3n) is 4.65. The first-order valence-corrected chi connectivity index (χ1v) is 8.87. The van der Waals surface area contributed by atoms with Crippen LogP contribution in [0.4, 0.5) is 5.69 Å². The molecule has 0 spiro atoms. The number of rotatable bonds is 5. The molecule has 0 aliphatic heterocycles. The lowest BCUT2D eigenvalue weighted by molar-refractivity contribution is -0.146. The second-order valence-electron chi connectivity index (χ2n) is 6.50. The van der Waals surface area contributed by atoms with Gasteiger partial charge >= 0.3 is 5.97 Å². The largest absolute Gasteiger partial charge is 0.481 e. The van der Waals surface area contributed by atoms with E-state index in [1.807, 2.05) is 13.0 Å². The molecule has 1 aliphatic carbocycles. The number of anilines is 1. The number of aromatic nitrogens is 2. The standard InChI is InChI=1S/C20H21N3O4/c1-2-13-11-17(24)23-18(21-13)12-6-5-7-14(10-12)22-19(25)15-8-3-4-9-16(15)20(26)27/h3-7,10-11,15-16H,2,8-9H2,1H3,(H,22,25)(H,26,27)(H,21,23,24)/t15-,16+/m1/s1. The summed E-state index contributed by atoms with van der Waals surface area (Å²) in [6.07, 6.45) is 5.02. The Morgan fingerprint density at radius 1 is 1.22 bits per heavy atom. The van der Waals surface area contributed by atoms with Crippen LogP contribution < -0.4 is 10.9 Å². The van der Waals surface area contributed by atoms with E-state index in [4.69, 9.17) is 0 Å². The van der Waals surface area contributed by atoms with Crippen molar-refractivity contribution in [2.45, 2.75) is 26.2 Å². The molecule has 7 heteroatoms. The number of hydrogen-bond donors (Lipinski definition) is 3. The van der Waals surface area contributed by atoms with Gasteiger partial charge in [0.25, 0.3) is 5.56 Å². The van der Waals surface area contributed by atoms with Crippen LogP contribution in [0.25, 0.3) is 11.4 Å². The Morgan fingerprint density at radius 3 is 2.67 bits per heavy atom. The van der Waals surface area contributed by atoms with Gasteiger partial charge in [-0.3, -0.25) is 14.4 Å². The van der Waals surface area contributed by atoms with E-state index in [-0.39, 0.29) is 11.5 Å². The maximum atomic E-state index is 12.6. The zero-order valence-corrected chi connectivity index (χ0v) is 14.9. The summed E-state index contributed by atoms with van der Waals surface area (Å²) in [4.78, 5) is 42.9. The first-order valence-electron chi connectivity index (χ1n) is 8.87. The summed E-state index contributed by atoms with van der Waals surface area (Å²) in [6.45, 7) is 1.92. The molecule has 1 amide bonds. The Hall–Kier alpha value is -3.22. The Bertz CT molecular complexity index is 948. The first kappa shape index (κ1) is 18.6. The molecule has 140 valence electrons. The van der Waals surface area contributed by atoms with Gasteiger partial charge in [-0.2, -0.15) is 0 Å². The van der Waals surface area contributed by atoms with Crippen molar-refractivity contribution in [3.8, 4) is 11.4 Å². The number of nitrogens with one attached hydrogen (secondary N) is 2. The maximum Gasteiger partial charge on any atom is 0.307 e. The lowest BCUT2D eigenvalue weighted by Crippen LogP contribution is -2.34. The number of carbonyl (C=O) groups is 2. The summed E-state index contributed by atoms with van der Waals surface area (Å²) < 4.78 is 0. The van der Waals surface area contributed by atoms with Gasteiger partial charge in [0, 0.05) is 23.0 Å². The highest BCUT2D eigenvalue weighted by Gasteiger charge is 2.33. The van der Waals surface area contributed by atoms with Gasteiger partial charge in [0.1, 0.15) is 5.82 Å². The Morgan fingerprint density at radius 2 is 1.96 bits per heavy atom. The highest BCUT2D eigenvalue weighted by molar-refractivity contribution is 5.95. The average molecular weight is 367 g/mol. The van der Waals surface area contributed by atoms with Crippen molar-refractivity contribution in [3.63, 3.8) is 0 Å². The van der Waals surface area contributed by atoms with Crippen LogP contribution in [0.3, 0.4) is 0 Å². The number of benzene rings is 1. The number of aromatic amines is 1. The second-order valence-corrected chi connectivity index (χ2v) is 6.50. The highest BCUT2D eigenvalue weighted by Crippen LogP contribution is 2.28. The third-order valence-corrected chi connectivity index (χ3v) is 4.65. The number of hydrogen-bond acceptors (Lipinski definition) is 4. The van der Waals surface area contributed by atoms with E-state index in [0.29, 0.717) is 42.0 Å². The molecule has 1 aliphatic rings. The Kier molecular flexibility index (Phi) is 5.49. The van der Waals surface area contributed by atoms with E-state index in [1.54, 1.807) is 30.3 Å². The van der Waals surface area contributed by atoms with Gasteiger partial charge < -0.3 is 15.4 Å². The molecule has 1 aromatic carbocycles. The van der Waals surface area contributed by atoms with E-state index >= 15 is 0 Å². The quantitative estimate of drug-likeness (QED) is 0.703. The SMILES string of the molecule is CCc1cc(=O)[nH]c(-c2cccc(NC(=O)[C@@H]3CC=CC[C@@H]3C(=O)O)c2)n1. The highest BCUT2D eigenvalue weighted by atomic mass is 16.4. The molecule has 2 aromatic rings. The predicted octanol–water partition coefficient (Wildman–Crippen LogP) is 2.60.